The predicted octanol–water partition coefficient (Wildman–Crippen LogP) is 2.83. The zero-order valence-corrected chi connectivity index (χ0v) is 13.7. The summed E-state index contributed by atoms with van der Waals surface area (Å²) in [6, 6.07) is 7.55. The van der Waals surface area contributed by atoms with Crippen LogP contribution in [0.25, 0.3) is 0 Å². The van der Waals surface area contributed by atoms with Crippen molar-refractivity contribution in [3.63, 3.8) is 0 Å². The summed E-state index contributed by atoms with van der Waals surface area (Å²) in [7, 11) is -1.70. The molecule has 4 nitrogen and oxygen atoms in total. The van der Waals surface area contributed by atoms with Crippen LogP contribution in [0.3, 0.4) is 0 Å². The Morgan fingerprint density at radius 3 is 2.48 bits per heavy atom. The molecule has 5 heteroatoms. The zero-order valence-electron chi connectivity index (χ0n) is 12.8. The van der Waals surface area contributed by atoms with Crippen LogP contribution in [0.15, 0.2) is 24.3 Å². The third-order valence-corrected chi connectivity index (χ3v) is 5.66. The maximum absolute atomic E-state index is 12.4. The van der Waals surface area contributed by atoms with E-state index in [1.807, 2.05) is 31.2 Å². The summed E-state index contributed by atoms with van der Waals surface area (Å²) >= 11 is 0. The number of methoxy groups -OCH3 is 1. The van der Waals surface area contributed by atoms with Gasteiger partial charge >= 0.3 is 0 Å². The second-order valence-corrected chi connectivity index (χ2v) is 7.67. The first-order valence-corrected chi connectivity index (χ1v) is 9.23. The summed E-state index contributed by atoms with van der Waals surface area (Å²) < 4.78 is 32.7. The number of hydrogen-bond acceptors (Lipinski definition) is 3. The molecular weight excluding hydrogens is 286 g/mol. The molecule has 1 fully saturated rings. The third kappa shape index (κ3) is 4.80. The number of sulfonamides is 1. The smallest absolute Gasteiger partial charge is 0.216 e. The molecule has 1 aromatic rings. The van der Waals surface area contributed by atoms with Crippen LogP contribution in [0.2, 0.25) is 0 Å². The van der Waals surface area contributed by atoms with Crippen LogP contribution in [0.1, 0.15) is 43.7 Å². The third-order valence-electron chi connectivity index (χ3n) is 4.24. The first-order chi connectivity index (χ1) is 10.0. The summed E-state index contributed by atoms with van der Waals surface area (Å²) in [6.07, 6.45) is 4.69. The van der Waals surface area contributed by atoms with Gasteiger partial charge in [0.1, 0.15) is 0 Å². The second kappa shape index (κ2) is 7.38. The monoisotopic (exact) mass is 311 g/mol. The van der Waals surface area contributed by atoms with Crippen LogP contribution in [0.4, 0.5) is 0 Å². The fraction of sp³-hybridized carbons (Fsp3) is 0.625. The van der Waals surface area contributed by atoms with Gasteiger partial charge in [0, 0.05) is 13.2 Å². The van der Waals surface area contributed by atoms with Crippen molar-refractivity contribution >= 4 is 10.0 Å². The Morgan fingerprint density at radius 1 is 1.24 bits per heavy atom. The molecule has 0 radical (unpaired) electrons. The van der Waals surface area contributed by atoms with Crippen molar-refractivity contribution in [1.82, 2.24) is 4.72 Å². The van der Waals surface area contributed by atoms with E-state index in [0.717, 1.165) is 24.0 Å². The minimum Gasteiger partial charge on any atom is -0.380 e. The largest absolute Gasteiger partial charge is 0.380 e. The predicted molar refractivity (Wildman–Crippen MR) is 84.3 cm³/mol. The minimum atomic E-state index is -3.32. The van der Waals surface area contributed by atoms with Crippen molar-refractivity contribution < 1.29 is 13.2 Å². The Hall–Kier alpha value is -0.910. The van der Waals surface area contributed by atoms with Gasteiger partial charge in [-0.15, -0.1) is 0 Å². The highest BCUT2D eigenvalue weighted by Gasteiger charge is 2.25. The average molecular weight is 311 g/mol. The Bertz CT molecular complexity index is 550. The molecule has 0 aliphatic heterocycles. The van der Waals surface area contributed by atoms with Crippen molar-refractivity contribution in [2.45, 2.75) is 51.0 Å². The van der Waals surface area contributed by atoms with Crippen LogP contribution in [0, 0.1) is 5.92 Å². The van der Waals surface area contributed by atoms with Gasteiger partial charge in [0.15, 0.2) is 0 Å². The van der Waals surface area contributed by atoms with E-state index in [1.165, 1.54) is 12.8 Å². The van der Waals surface area contributed by atoms with Gasteiger partial charge in [0.2, 0.25) is 10.0 Å². The highest BCUT2D eigenvalue weighted by atomic mass is 32.2. The molecule has 0 amide bonds. The molecule has 1 aliphatic carbocycles. The molecule has 1 aromatic carbocycles. The van der Waals surface area contributed by atoms with E-state index < -0.39 is 10.0 Å². The van der Waals surface area contributed by atoms with E-state index in [9.17, 15) is 8.42 Å². The normalized spacial score (nSPS) is 18.0. The van der Waals surface area contributed by atoms with Crippen molar-refractivity contribution in [1.29, 1.82) is 0 Å². The quantitative estimate of drug-likeness (QED) is 0.842. The molecule has 1 aliphatic rings. The average Bonchev–Trinajstić information content (AvgIpc) is 2.94. The Morgan fingerprint density at radius 2 is 1.86 bits per heavy atom. The summed E-state index contributed by atoms with van der Waals surface area (Å²) in [5.41, 5.74) is 1.74. The number of hydrogen-bond donors (Lipinski definition) is 1. The molecule has 1 saturated carbocycles. The molecule has 0 unspecified atom stereocenters. The van der Waals surface area contributed by atoms with Crippen LogP contribution < -0.4 is 4.72 Å². The maximum Gasteiger partial charge on any atom is 0.216 e. The first-order valence-electron chi connectivity index (χ1n) is 7.57. The summed E-state index contributed by atoms with van der Waals surface area (Å²) in [6.45, 7) is 2.42. The van der Waals surface area contributed by atoms with Crippen LogP contribution in [0.5, 0.6) is 0 Å². The van der Waals surface area contributed by atoms with Gasteiger partial charge < -0.3 is 4.74 Å². The molecular formula is C16H25NO3S. The van der Waals surface area contributed by atoms with Crippen molar-refractivity contribution in [2.24, 2.45) is 5.92 Å². The highest BCUT2D eigenvalue weighted by Crippen LogP contribution is 2.28. The molecule has 1 N–H and O–H groups in total. The Labute approximate surface area is 127 Å². The standard InChI is InChI=1S/C16H25NO3S/c1-13(14-7-3-4-8-14)17-21(18,19)12-16-10-6-5-9-15(16)11-20-2/h5-6,9-10,13-14,17H,3-4,7-8,11-12H2,1-2H3/t13-/m0/s1. The van der Waals surface area contributed by atoms with E-state index >= 15 is 0 Å². The topological polar surface area (TPSA) is 55.4 Å². The molecule has 21 heavy (non-hydrogen) atoms. The fourth-order valence-electron chi connectivity index (χ4n) is 3.08. The zero-order chi connectivity index (χ0) is 15.3. The van der Waals surface area contributed by atoms with Gasteiger partial charge in [-0.25, -0.2) is 13.1 Å². The molecule has 0 saturated heterocycles. The lowest BCUT2D eigenvalue weighted by atomic mass is 10.0. The van der Waals surface area contributed by atoms with Crippen molar-refractivity contribution in [2.75, 3.05) is 7.11 Å². The van der Waals surface area contributed by atoms with E-state index in [0.29, 0.717) is 12.5 Å². The fourth-order valence-corrected chi connectivity index (χ4v) is 4.61. The van der Waals surface area contributed by atoms with Crippen molar-refractivity contribution in [3.05, 3.63) is 35.4 Å². The second-order valence-electron chi connectivity index (χ2n) is 5.91. The van der Waals surface area contributed by atoms with E-state index in [4.69, 9.17) is 4.74 Å². The lowest BCUT2D eigenvalue weighted by Gasteiger charge is -2.20. The Kier molecular flexibility index (Phi) is 5.79. The van der Waals surface area contributed by atoms with Gasteiger partial charge in [0.05, 0.1) is 12.4 Å². The Balaban J connectivity index is 2.03. The van der Waals surface area contributed by atoms with E-state index in [-0.39, 0.29) is 11.8 Å². The summed E-state index contributed by atoms with van der Waals surface area (Å²) in [5, 5.41) is 0. The molecule has 1 atom stereocenters. The van der Waals surface area contributed by atoms with Gasteiger partial charge in [-0.1, -0.05) is 37.1 Å². The van der Waals surface area contributed by atoms with Gasteiger partial charge in [-0.3, -0.25) is 0 Å². The molecule has 118 valence electrons. The number of benzene rings is 1. The minimum absolute atomic E-state index is 0.0175. The lowest BCUT2D eigenvalue weighted by Crippen LogP contribution is -2.38. The highest BCUT2D eigenvalue weighted by molar-refractivity contribution is 7.88. The first kappa shape index (κ1) is 16.5. The van der Waals surface area contributed by atoms with Gasteiger partial charge in [-0.2, -0.15) is 0 Å². The molecule has 2 rings (SSSR count). The number of rotatable bonds is 7. The van der Waals surface area contributed by atoms with E-state index in [2.05, 4.69) is 4.72 Å². The van der Waals surface area contributed by atoms with Crippen LogP contribution >= 0.6 is 0 Å². The van der Waals surface area contributed by atoms with Crippen LogP contribution in [-0.2, 0) is 27.1 Å². The van der Waals surface area contributed by atoms with Crippen molar-refractivity contribution in [3.8, 4) is 0 Å². The number of ether oxygens (including phenoxy) is 1. The van der Waals surface area contributed by atoms with Gasteiger partial charge in [-0.05, 0) is 36.8 Å². The maximum atomic E-state index is 12.4. The lowest BCUT2D eigenvalue weighted by molar-refractivity contribution is 0.184. The van der Waals surface area contributed by atoms with Gasteiger partial charge in [0.25, 0.3) is 0 Å². The molecule has 0 bridgehead atoms. The van der Waals surface area contributed by atoms with Crippen LogP contribution in [-0.4, -0.2) is 21.6 Å². The summed E-state index contributed by atoms with van der Waals surface area (Å²) in [4.78, 5) is 0. The molecule has 0 heterocycles. The summed E-state index contributed by atoms with van der Waals surface area (Å²) in [5.74, 6) is 0.498. The SMILES string of the molecule is COCc1ccccc1CS(=O)(=O)N[C@@H](C)C1CCCC1. The molecule has 0 aromatic heterocycles. The number of nitrogens with one attached hydrogen (secondary N) is 1. The van der Waals surface area contributed by atoms with E-state index in [1.54, 1.807) is 7.11 Å². The molecule has 0 spiro atoms.